The number of carbonyl (C=O) groups is 1. The van der Waals surface area contributed by atoms with Crippen LogP contribution in [0, 0.1) is 13.8 Å². The topological polar surface area (TPSA) is 70.6 Å². The number of morpholine rings is 1. The largest absolute Gasteiger partial charge is 0.508 e. The number of aryl methyl sites for hydroxylation is 2. The molecule has 5 heteroatoms. The molecule has 1 aromatic rings. The van der Waals surface area contributed by atoms with Crippen molar-refractivity contribution in [1.82, 2.24) is 5.32 Å². The molecule has 104 valence electrons. The van der Waals surface area contributed by atoms with Gasteiger partial charge in [0.25, 0.3) is 0 Å². The van der Waals surface area contributed by atoms with E-state index >= 15 is 0 Å². The lowest BCUT2D eigenvalue weighted by Crippen LogP contribution is -2.40. The van der Waals surface area contributed by atoms with Gasteiger partial charge in [0, 0.05) is 18.8 Å². The van der Waals surface area contributed by atoms with Crippen LogP contribution < -0.4 is 10.6 Å². The van der Waals surface area contributed by atoms with Crippen LogP contribution in [0.1, 0.15) is 17.5 Å². The summed E-state index contributed by atoms with van der Waals surface area (Å²) in [6, 6.07) is 3.44. The van der Waals surface area contributed by atoms with E-state index in [1.54, 1.807) is 19.1 Å². The van der Waals surface area contributed by atoms with E-state index < -0.39 is 0 Å². The van der Waals surface area contributed by atoms with Crippen molar-refractivity contribution in [3.8, 4) is 5.75 Å². The molecule has 1 heterocycles. The SMILES string of the molecule is Cc1cc(NC(=O)CC2CNCCO2)c(C)cc1O. The number of rotatable bonds is 3. The Bertz CT molecular complexity index is 468. The predicted molar refractivity (Wildman–Crippen MR) is 73.4 cm³/mol. The molecule has 0 saturated carbocycles. The van der Waals surface area contributed by atoms with Crippen LogP contribution >= 0.6 is 0 Å². The number of benzene rings is 1. The average molecular weight is 264 g/mol. The Balaban J connectivity index is 1.96. The van der Waals surface area contributed by atoms with Crippen molar-refractivity contribution in [2.45, 2.75) is 26.4 Å². The van der Waals surface area contributed by atoms with E-state index in [9.17, 15) is 9.90 Å². The molecule has 1 amide bonds. The van der Waals surface area contributed by atoms with Gasteiger partial charge in [-0.15, -0.1) is 0 Å². The highest BCUT2D eigenvalue weighted by atomic mass is 16.5. The fraction of sp³-hybridized carbons (Fsp3) is 0.500. The Kier molecular flexibility index (Phi) is 4.39. The maximum Gasteiger partial charge on any atom is 0.227 e. The molecule has 1 fully saturated rings. The second-order valence-electron chi connectivity index (χ2n) is 4.90. The minimum absolute atomic E-state index is 0.0627. The summed E-state index contributed by atoms with van der Waals surface area (Å²) in [6.45, 7) is 5.86. The van der Waals surface area contributed by atoms with Gasteiger partial charge in [-0.2, -0.15) is 0 Å². The first-order valence-electron chi connectivity index (χ1n) is 6.48. The van der Waals surface area contributed by atoms with Crippen LogP contribution in [-0.2, 0) is 9.53 Å². The Labute approximate surface area is 113 Å². The number of amides is 1. The van der Waals surface area contributed by atoms with Crippen LogP contribution in [0.5, 0.6) is 5.75 Å². The molecule has 1 atom stereocenters. The van der Waals surface area contributed by atoms with Crippen molar-refractivity contribution in [2.24, 2.45) is 0 Å². The number of hydrogen-bond donors (Lipinski definition) is 3. The zero-order valence-corrected chi connectivity index (χ0v) is 11.3. The minimum Gasteiger partial charge on any atom is -0.508 e. The van der Waals surface area contributed by atoms with E-state index in [2.05, 4.69) is 10.6 Å². The molecule has 0 spiro atoms. The van der Waals surface area contributed by atoms with Crippen molar-refractivity contribution >= 4 is 11.6 Å². The summed E-state index contributed by atoms with van der Waals surface area (Å²) >= 11 is 0. The third-order valence-electron chi connectivity index (χ3n) is 3.23. The van der Waals surface area contributed by atoms with Gasteiger partial charge >= 0.3 is 0 Å². The predicted octanol–water partition coefficient (Wildman–Crippen LogP) is 1.33. The number of anilines is 1. The van der Waals surface area contributed by atoms with Crippen molar-refractivity contribution in [2.75, 3.05) is 25.0 Å². The molecule has 3 N–H and O–H groups in total. The third-order valence-corrected chi connectivity index (χ3v) is 3.23. The fourth-order valence-electron chi connectivity index (χ4n) is 2.09. The first-order chi connectivity index (χ1) is 9.06. The van der Waals surface area contributed by atoms with E-state index in [1.165, 1.54) is 0 Å². The molecular weight excluding hydrogens is 244 g/mol. The van der Waals surface area contributed by atoms with Crippen LogP contribution in [0.2, 0.25) is 0 Å². The highest BCUT2D eigenvalue weighted by Crippen LogP contribution is 2.25. The van der Waals surface area contributed by atoms with Gasteiger partial charge in [0.05, 0.1) is 19.1 Å². The normalized spacial score (nSPS) is 19.2. The summed E-state index contributed by atoms with van der Waals surface area (Å²) in [4.78, 5) is 11.9. The van der Waals surface area contributed by atoms with Crippen LogP contribution in [0.15, 0.2) is 12.1 Å². The Morgan fingerprint density at radius 2 is 2.26 bits per heavy atom. The van der Waals surface area contributed by atoms with Crippen molar-refractivity contribution in [3.63, 3.8) is 0 Å². The molecule has 2 rings (SSSR count). The summed E-state index contributed by atoms with van der Waals surface area (Å²) < 4.78 is 5.50. The van der Waals surface area contributed by atoms with Crippen molar-refractivity contribution in [3.05, 3.63) is 23.3 Å². The first-order valence-corrected chi connectivity index (χ1v) is 6.48. The van der Waals surface area contributed by atoms with Gasteiger partial charge in [-0.1, -0.05) is 0 Å². The smallest absolute Gasteiger partial charge is 0.227 e. The lowest BCUT2D eigenvalue weighted by Gasteiger charge is -2.23. The Hall–Kier alpha value is -1.59. The third kappa shape index (κ3) is 3.68. The van der Waals surface area contributed by atoms with E-state index in [0.29, 0.717) is 19.6 Å². The summed E-state index contributed by atoms with van der Waals surface area (Å²) in [6.07, 6.45) is 0.277. The molecule has 0 aliphatic carbocycles. The average Bonchev–Trinajstić information content (AvgIpc) is 2.37. The van der Waals surface area contributed by atoms with E-state index in [0.717, 1.165) is 23.4 Å². The minimum atomic E-state index is -0.0677. The summed E-state index contributed by atoms with van der Waals surface area (Å²) in [5.74, 6) is 0.178. The van der Waals surface area contributed by atoms with E-state index in [4.69, 9.17) is 4.74 Å². The standard InChI is InChI=1S/C14H20N2O3/c1-9-6-13(17)10(2)5-12(9)16-14(18)7-11-8-15-3-4-19-11/h5-6,11,15,17H,3-4,7-8H2,1-2H3,(H,16,18). The zero-order valence-electron chi connectivity index (χ0n) is 11.3. The number of ether oxygens (including phenoxy) is 1. The molecule has 5 nitrogen and oxygen atoms in total. The maximum absolute atomic E-state index is 11.9. The monoisotopic (exact) mass is 264 g/mol. The van der Waals surface area contributed by atoms with Crippen LogP contribution in [-0.4, -0.2) is 36.8 Å². The van der Waals surface area contributed by atoms with Crippen molar-refractivity contribution in [1.29, 1.82) is 0 Å². The van der Waals surface area contributed by atoms with Crippen LogP contribution in [0.25, 0.3) is 0 Å². The number of hydrogen-bond acceptors (Lipinski definition) is 4. The molecule has 0 aromatic heterocycles. The van der Waals surface area contributed by atoms with E-state index in [1.807, 2.05) is 6.92 Å². The summed E-state index contributed by atoms with van der Waals surface area (Å²) in [7, 11) is 0. The van der Waals surface area contributed by atoms with Gasteiger partial charge < -0.3 is 20.5 Å². The van der Waals surface area contributed by atoms with E-state index in [-0.39, 0.29) is 17.8 Å². The number of aromatic hydroxyl groups is 1. The Morgan fingerprint density at radius 3 is 2.95 bits per heavy atom. The first kappa shape index (κ1) is 13.8. The number of carbonyl (C=O) groups excluding carboxylic acids is 1. The van der Waals surface area contributed by atoms with Gasteiger partial charge in [-0.05, 0) is 37.1 Å². The van der Waals surface area contributed by atoms with Gasteiger partial charge in [0.15, 0.2) is 0 Å². The number of nitrogens with one attached hydrogen (secondary N) is 2. The lowest BCUT2D eigenvalue weighted by molar-refractivity contribution is -0.119. The molecule has 1 aromatic carbocycles. The van der Waals surface area contributed by atoms with Gasteiger partial charge in [0.1, 0.15) is 5.75 Å². The second-order valence-corrected chi connectivity index (χ2v) is 4.90. The molecular formula is C14H20N2O3. The summed E-state index contributed by atoms with van der Waals surface area (Å²) in [5, 5.41) is 15.6. The molecule has 1 saturated heterocycles. The fourth-order valence-corrected chi connectivity index (χ4v) is 2.09. The van der Waals surface area contributed by atoms with Gasteiger partial charge in [0.2, 0.25) is 5.91 Å². The highest BCUT2D eigenvalue weighted by molar-refractivity contribution is 5.92. The number of phenols is 1. The van der Waals surface area contributed by atoms with Gasteiger partial charge in [-0.3, -0.25) is 4.79 Å². The molecule has 1 aliphatic heterocycles. The maximum atomic E-state index is 11.9. The molecule has 0 radical (unpaired) electrons. The molecule has 0 bridgehead atoms. The molecule has 1 aliphatic rings. The zero-order chi connectivity index (χ0) is 13.8. The van der Waals surface area contributed by atoms with Crippen LogP contribution in [0.3, 0.4) is 0 Å². The number of phenolic OH excluding ortho intramolecular Hbond substituents is 1. The Morgan fingerprint density at radius 1 is 1.47 bits per heavy atom. The van der Waals surface area contributed by atoms with Crippen LogP contribution in [0.4, 0.5) is 5.69 Å². The van der Waals surface area contributed by atoms with Gasteiger partial charge in [-0.25, -0.2) is 0 Å². The van der Waals surface area contributed by atoms with Crippen molar-refractivity contribution < 1.29 is 14.6 Å². The summed E-state index contributed by atoms with van der Waals surface area (Å²) in [5.41, 5.74) is 2.33. The highest BCUT2D eigenvalue weighted by Gasteiger charge is 2.17. The molecule has 1 unspecified atom stereocenters. The quantitative estimate of drug-likeness (QED) is 0.720. The lowest BCUT2D eigenvalue weighted by atomic mass is 10.1. The second kappa shape index (κ2) is 6.04. The molecule has 19 heavy (non-hydrogen) atoms.